The number of nitrogen functional groups attached to an aromatic ring is 1. The number of ether oxygens (including phenoxy) is 2. The third-order valence-electron chi connectivity index (χ3n) is 4.81. The van der Waals surface area contributed by atoms with E-state index in [1.165, 1.54) is 0 Å². The van der Waals surface area contributed by atoms with Crippen LogP contribution in [-0.2, 0) is 11.3 Å². The Kier molecular flexibility index (Phi) is 7.97. The quantitative estimate of drug-likeness (QED) is 0.353. The predicted octanol–water partition coefficient (Wildman–Crippen LogP) is 2.63. The zero-order valence-corrected chi connectivity index (χ0v) is 18.1. The summed E-state index contributed by atoms with van der Waals surface area (Å²) in [4.78, 5) is 33.1. The molecule has 0 saturated carbocycles. The maximum atomic E-state index is 12.8. The lowest BCUT2D eigenvalue weighted by Gasteiger charge is -2.23. The van der Waals surface area contributed by atoms with Crippen molar-refractivity contribution in [2.24, 2.45) is 0 Å². The van der Waals surface area contributed by atoms with Crippen molar-refractivity contribution >= 4 is 29.4 Å². The number of hydrogen-bond acceptors (Lipinski definition) is 10. The van der Waals surface area contributed by atoms with Gasteiger partial charge in [-0.3, -0.25) is 15.0 Å². The molecule has 1 aliphatic rings. The van der Waals surface area contributed by atoms with Crippen LogP contribution in [0.4, 0.5) is 28.1 Å². The van der Waals surface area contributed by atoms with E-state index in [0.717, 1.165) is 4.90 Å². The van der Waals surface area contributed by atoms with Crippen LogP contribution in [0.3, 0.4) is 0 Å². The van der Waals surface area contributed by atoms with Crippen molar-refractivity contribution in [3.05, 3.63) is 52.1 Å². The highest BCUT2D eigenvalue weighted by Crippen LogP contribution is 2.34. The molecule has 4 bridgehead atoms. The van der Waals surface area contributed by atoms with Gasteiger partial charge in [-0.25, -0.2) is 4.79 Å². The van der Waals surface area contributed by atoms with Crippen molar-refractivity contribution in [3.8, 4) is 5.75 Å². The highest BCUT2D eigenvalue weighted by Gasteiger charge is 2.32. The maximum Gasteiger partial charge on any atom is 0.415 e. The lowest BCUT2D eigenvalue weighted by atomic mass is 10.1. The fourth-order valence-electron chi connectivity index (χ4n) is 3.25. The molecular weight excluding hydrogens is 432 g/mol. The smallest absolute Gasteiger partial charge is 0.415 e. The first kappa shape index (κ1) is 23.7. The minimum Gasteiger partial charge on any atom is -0.490 e. The highest BCUT2D eigenvalue weighted by molar-refractivity contribution is 5.91. The summed E-state index contributed by atoms with van der Waals surface area (Å²) in [5, 5.41) is 24.5. The van der Waals surface area contributed by atoms with Crippen molar-refractivity contribution in [1.29, 1.82) is 0 Å². The molecular formula is C21H26N6O6. The van der Waals surface area contributed by atoms with Crippen LogP contribution in [0, 0.1) is 10.1 Å². The molecule has 12 heteroatoms. The average Bonchev–Trinajstić information content (AvgIpc) is 2.78. The van der Waals surface area contributed by atoms with Crippen molar-refractivity contribution in [3.63, 3.8) is 0 Å². The van der Waals surface area contributed by atoms with Gasteiger partial charge in [-0.1, -0.05) is 24.3 Å². The van der Waals surface area contributed by atoms with Crippen LogP contribution >= 0.6 is 0 Å². The Hall–Kier alpha value is -3.93. The van der Waals surface area contributed by atoms with Gasteiger partial charge < -0.3 is 25.6 Å². The molecule has 0 saturated heterocycles. The summed E-state index contributed by atoms with van der Waals surface area (Å²) in [6.45, 7) is 1.69. The van der Waals surface area contributed by atoms with E-state index >= 15 is 0 Å². The number of nitro groups is 1. The van der Waals surface area contributed by atoms with Crippen molar-refractivity contribution < 1.29 is 24.3 Å². The molecule has 0 spiro atoms. The van der Waals surface area contributed by atoms with Crippen LogP contribution in [0.15, 0.2) is 36.4 Å². The number of aromatic nitrogens is 2. The Labute approximate surface area is 190 Å². The SMILES string of the molecule is CCOC(=O)N1Cc2cccc(c2)OC/C=C/CCC(CO)Nc2nc(N)c([N+](=O)[O-])c1n2. The molecule has 1 unspecified atom stereocenters. The van der Waals surface area contributed by atoms with Gasteiger partial charge in [0.15, 0.2) is 0 Å². The Morgan fingerprint density at radius 1 is 1.42 bits per heavy atom. The summed E-state index contributed by atoms with van der Waals surface area (Å²) in [5.74, 6) is -0.213. The Bertz CT molecular complexity index is 1030. The summed E-state index contributed by atoms with van der Waals surface area (Å²) < 4.78 is 10.9. The molecule has 1 aromatic carbocycles. The van der Waals surface area contributed by atoms with Crippen LogP contribution in [-0.4, -0.2) is 52.0 Å². The molecule has 176 valence electrons. The molecule has 4 N–H and O–H groups in total. The average molecular weight is 458 g/mol. The van der Waals surface area contributed by atoms with Gasteiger partial charge in [0.1, 0.15) is 12.4 Å². The third-order valence-corrected chi connectivity index (χ3v) is 4.81. The van der Waals surface area contributed by atoms with Crippen LogP contribution in [0.5, 0.6) is 5.75 Å². The summed E-state index contributed by atoms with van der Waals surface area (Å²) in [5.41, 5.74) is 5.91. The number of aliphatic hydroxyl groups excluding tert-OH is 1. The van der Waals surface area contributed by atoms with Gasteiger partial charge in [0, 0.05) is 0 Å². The number of anilines is 3. The van der Waals surface area contributed by atoms with Crippen LogP contribution < -0.4 is 20.7 Å². The number of carbonyl (C=O) groups excluding carboxylic acids is 1. The van der Waals surface area contributed by atoms with Gasteiger partial charge in [-0.2, -0.15) is 9.97 Å². The summed E-state index contributed by atoms with van der Waals surface area (Å²) in [6, 6.07) is 6.55. The Balaban J connectivity index is 2.15. The zero-order valence-electron chi connectivity index (χ0n) is 18.1. The first-order valence-corrected chi connectivity index (χ1v) is 10.4. The fourth-order valence-corrected chi connectivity index (χ4v) is 3.25. The van der Waals surface area contributed by atoms with E-state index in [9.17, 15) is 20.0 Å². The predicted molar refractivity (Wildman–Crippen MR) is 121 cm³/mol. The number of amides is 1. The summed E-state index contributed by atoms with van der Waals surface area (Å²) >= 11 is 0. The van der Waals surface area contributed by atoms with E-state index in [1.807, 2.05) is 12.2 Å². The number of allylic oxidation sites excluding steroid dienone is 1. The van der Waals surface area contributed by atoms with Crippen LogP contribution in [0.25, 0.3) is 0 Å². The first-order chi connectivity index (χ1) is 15.9. The number of nitrogens with zero attached hydrogens (tertiary/aromatic N) is 4. The monoisotopic (exact) mass is 458 g/mol. The molecule has 0 radical (unpaired) electrons. The Morgan fingerprint density at radius 2 is 2.24 bits per heavy atom. The summed E-state index contributed by atoms with van der Waals surface area (Å²) in [6.07, 6.45) is 4.12. The fraction of sp³-hybridized carbons (Fsp3) is 0.381. The Morgan fingerprint density at radius 3 is 2.97 bits per heavy atom. The molecule has 1 aliphatic heterocycles. The lowest BCUT2D eigenvalue weighted by molar-refractivity contribution is -0.383. The topological polar surface area (TPSA) is 166 Å². The van der Waals surface area contributed by atoms with Gasteiger partial charge in [0.05, 0.1) is 30.7 Å². The second-order valence-electron chi connectivity index (χ2n) is 7.18. The third kappa shape index (κ3) is 6.07. The maximum absolute atomic E-state index is 12.8. The minimum atomic E-state index is -0.835. The highest BCUT2D eigenvalue weighted by atomic mass is 16.6. The van der Waals surface area contributed by atoms with Crippen molar-refractivity contribution in [2.45, 2.75) is 32.4 Å². The standard InChI is InChI=1S/C21H26N6O6/c1-2-32-21(29)26-12-14-7-6-9-16(11-14)33-10-5-3-4-8-15(13-28)23-20-24-18(22)17(27(30)31)19(26)25-20/h3,5-7,9,11,15,28H,2,4,8,10,12-13H2,1H3,(H3,22,23,24,25)/b5-3+. The van der Waals surface area contributed by atoms with E-state index in [-0.39, 0.29) is 31.5 Å². The number of rotatable bonds is 3. The molecule has 33 heavy (non-hydrogen) atoms. The van der Waals surface area contributed by atoms with Gasteiger partial charge in [0.2, 0.25) is 17.6 Å². The van der Waals surface area contributed by atoms with Gasteiger partial charge in [0.25, 0.3) is 0 Å². The van der Waals surface area contributed by atoms with Crippen molar-refractivity contribution in [1.82, 2.24) is 9.97 Å². The molecule has 12 nitrogen and oxygen atoms in total. The largest absolute Gasteiger partial charge is 0.490 e. The number of nitrogens with two attached hydrogens (primary N) is 1. The minimum absolute atomic E-state index is 0.0467. The zero-order chi connectivity index (χ0) is 23.8. The molecule has 0 aliphatic carbocycles. The van der Waals surface area contributed by atoms with Gasteiger partial charge in [-0.15, -0.1) is 0 Å². The molecule has 2 aromatic rings. The number of fused-ring (bicyclic) bond motifs is 4. The van der Waals surface area contributed by atoms with Crippen molar-refractivity contribution in [2.75, 3.05) is 35.8 Å². The summed E-state index contributed by atoms with van der Waals surface area (Å²) in [7, 11) is 0. The lowest BCUT2D eigenvalue weighted by Crippen LogP contribution is -2.33. The van der Waals surface area contributed by atoms with E-state index in [0.29, 0.717) is 30.8 Å². The number of benzene rings is 1. The second-order valence-corrected chi connectivity index (χ2v) is 7.18. The molecule has 0 fully saturated rings. The number of aliphatic hydroxyl groups is 1. The number of nitrogens with one attached hydrogen (secondary N) is 1. The van der Waals surface area contributed by atoms with Crippen LogP contribution in [0.2, 0.25) is 0 Å². The first-order valence-electron chi connectivity index (χ1n) is 10.4. The molecule has 2 heterocycles. The van der Waals surface area contributed by atoms with Gasteiger partial charge >= 0.3 is 11.8 Å². The normalized spacial score (nSPS) is 17.4. The second kappa shape index (κ2) is 11.1. The molecule has 1 aromatic heterocycles. The van der Waals surface area contributed by atoms with E-state index < -0.39 is 28.6 Å². The molecule has 1 atom stereocenters. The van der Waals surface area contributed by atoms with Gasteiger partial charge in [-0.05, 0) is 37.5 Å². The molecule has 3 rings (SSSR count). The van der Waals surface area contributed by atoms with E-state index in [1.54, 1.807) is 31.2 Å². The molecule has 1 amide bonds. The number of carbonyl (C=O) groups is 1. The van der Waals surface area contributed by atoms with E-state index in [4.69, 9.17) is 15.2 Å². The van der Waals surface area contributed by atoms with Crippen LogP contribution in [0.1, 0.15) is 25.3 Å². The number of hydrogen-bond donors (Lipinski definition) is 3. The van der Waals surface area contributed by atoms with E-state index in [2.05, 4.69) is 15.3 Å².